The van der Waals surface area contributed by atoms with Crippen molar-refractivity contribution < 1.29 is 22.7 Å². The third kappa shape index (κ3) is 4.60. The minimum Gasteiger partial charge on any atom is -0.497 e. The number of fused-ring (bicyclic) bond motifs is 1. The molecule has 2 aromatic carbocycles. The molecule has 0 spiro atoms. The van der Waals surface area contributed by atoms with Crippen molar-refractivity contribution in [3.8, 4) is 5.75 Å². The molecule has 1 fully saturated rings. The predicted molar refractivity (Wildman–Crippen MR) is 111 cm³/mol. The molecule has 1 saturated heterocycles. The number of urea groups is 1. The van der Waals surface area contributed by atoms with Crippen molar-refractivity contribution in [2.24, 2.45) is 5.92 Å². The fourth-order valence-electron chi connectivity index (χ4n) is 3.93. The number of benzene rings is 2. The van der Waals surface area contributed by atoms with Crippen molar-refractivity contribution in [2.45, 2.75) is 25.6 Å². The van der Waals surface area contributed by atoms with Crippen LogP contribution in [0.15, 0.2) is 48.5 Å². The second-order valence-electron chi connectivity index (χ2n) is 7.62. The molecular formula is C22H23F3N4O2. The first-order chi connectivity index (χ1) is 14.8. The van der Waals surface area contributed by atoms with Crippen LogP contribution in [0, 0.1) is 5.92 Å². The molecule has 31 heavy (non-hydrogen) atoms. The maximum Gasteiger partial charge on any atom is 0.449 e. The Kier molecular flexibility index (Phi) is 5.75. The van der Waals surface area contributed by atoms with E-state index in [0.717, 1.165) is 0 Å². The van der Waals surface area contributed by atoms with Crippen LogP contribution >= 0.6 is 0 Å². The molecule has 0 atom stereocenters. The van der Waals surface area contributed by atoms with E-state index in [1.165, 1.54) is 4.57 Å². The smallest absolute Gasteiger partial charge is 0.449 e. The van der Waals surface area contributed by atoms with Crippen molar-refractivity contribution >= 4 is 22.8 Å². The number of ether oxygens (including phenoxy) is 1. The molecule has 0 unspecified atom stereocenters. The van der Waals surface area contributed by atoms with Gasteiger partial charge in [0.25, 0.3) is 0 Å². The average Bonchev–Trinajstić information content (AvgIpc) is 3.14. The fourth-order valence-corrected chi connectivity index (χ4v) is 3.93. The van der Waals surface area contributed by atoms with Gasteiger partial charge in [0.1, 0.15) is 5.75 Å². The molecule has 164 valence electrons. The summed E-state index contributed by atoms with van der Waals surface area (Å²) in [6.45, 7) is 1.20. The number of hydrogen-bond donors (Lipinski definition) is 1. The molecule has 9 heteroatoms. The number of alkyl halides is 3. The lowest BCUT2D eigenvalue weighted by Gasteiger charge is -2.32. The third-order valence-corrected chi connectivity index (χ3v) is 5.59. The molecule has 6 nitrogen and oxygen atoms in total. The number of hydrogen-bond acceptors (Lipinski definition) is 3. The van der Waals surface area contributed by atoms with Crippen LogP contribution in [0.4, 0.5) is 23.7 Å². The molecule has 0 aliphatic carbocycles. The van der Waals surface area contributed by atoms with E-state index in [4.69, 9.17) is 4.74 Å². The number of carbonyl (C=O) groups excluding carboxylic acids is 1. The van der Waals surface area contributed by atoms with E-state index in [0.29, 0.717) is 48.4 Å². The number of halogens is 3. The molecule has 3 aromatic rings. The van der Waals surface area contributed by atoms with E-state index in [1.807, 2.05) is 0 Å². The number of rotatable bonds is 4. The molecule has 0 saturated carbocycles. The van der Waals surface area contributed by atoms with E-state index < -0.39 is 12.0 Å². The van der Waals surface area contributed by atoms with Crippen LogP contribution in [0.3, 0.4) is 0 Å². The van der Waals surface area contributed by atoms with Crippen LogP contribution in [0.1, 0.15) is 18.7 Å². The number of likely N-dealkylation sites (tertiary alicyclic amines) is 1. The van der Waals surface area contributed by atoms with Gasteiger partial charge in [0.15, 0.2) is 0 Å². The Bertz CT molecular complexity index is 1050. The van der Waals surface area contributed by atoms with E-state index >= 15 is 0 Å². The van der Waals surface area contributed by atoms with Crippen LogP contribution in [0.25, 0.3) is 11.0 Å². The maximum atomic E-state index is 13.5. The highest BCUT2D eigenvalue weighted by Crippen LogP contribution is 2.33. The fraction of sp³-hybridized carbons (Fsp3) is 0.364. The van der Waals surface area contributed by atoms with Crippen LogP contribution in [-0.4, -0.2) is 40.7 Å². The van der Waals surface area contributed by atoms with Crippen LogP contribution in [-0.2, 0) is 12.7 Å². The zero-order valence-corrected chi connectivity index (χ0v) is 17.0. The van der Waals surface area contributed by atoms with E-state index in [-0.39, 0.29) is 18.5 Å². The standard InChI is InChI=1S/C22H23F3N4O2/c1-31-17-8-6-16(7-9-17)26-21(30)28-12-10-15(11-13-28)14-29-19-5-3-2-4-18(19)27-20(29)22(23,24)25/h2-9,15H,10-14H2,1H3,(H,26,30). The molecule has 1 N–H and O–H groups in total. The molecule has 1 aromatic heterocycles. The number of aromatic nitrogens is 2. The molecular weight excluding hydrogens is 409 g/mol. The van der Waals surface area contributed by atoms with Gasteiger partial charge in [0.05, 0.1) is 18.1 Å². The average molecular weight is 432 g/mol. The Morgan fingerprint density at radius 2 is 1.81 bits per heavy atom. The summed E-state index contributed by atoms with van der Waals surface area (Å²) in [7, 11) is 1.57. The van der Waals surface area contributed by atoms with Crippen LogP contribution in [0.5, 0.6) is 5.75 Å². The van der Waals surface area contributed by atoms with Crippen LogP contribution in [0.2, 0.25) is 0 Å². The van der Waals surface area contributed by atoms with Gasteiger partial charge in [-0.25, -0.2) is 9.78 Å². The summed E-state index contributed by atoms with van der Waals surface area (Å²) in [4.78, 5) is 18.0. The second-order valence-corrected chi connectivity index (χ2v) is 7.62. The Morgan fingerprint density at radius 1 is 1.13 bits per heavy atom. The first-order valence-corrected chi connectivity index (χ1v) is 10.1. The van der Waals surface area contributed by atoms with E-state index in [2.05, 4.69) is 10.3 Å². The summed E-state index contributed by atoms with van der Waals surface area (Å²) in [6.07, 6.45) is -3.27. The lowest BCUT2D eigenvalue weighted by atomic mass is 9.96. The maximum absolute atomic E-state index is 13.5. The van der Waals surface area contributed by atoms with Gasteiger partial charge in [0.2, 0.25) is 5.82 Å². The van der Waals surface area contributed by atoms with Gasteiger partial charge in [0, 0.05) is 25.3 Å². The summed E-state index contributed by atoms with van der Waals surface area (Å²) >= 11 is 0. The molecule has 4 rings (SSSR count). The lowest BCUT2D eigenvalue weighted by molar-refractivity contribution is -0.147. The molecule has 1 aliphatic rings. The Balaban J connectivity index is 1.40. The summed E-state index contributed by atoms with van der Waals surface area (Å²) in [5, 5.41) is 2.84. The quantitative estimate of drug-likeness (QED) is 0.631. The third-order valence-electron chi connectivity index (χ3n) is 5.59. The monoisotopic (exact) mass is 432 g/mol. The molecule has 2 amide bonds. The van der Waals surface area contributed by atoms with Crippen molar-refractivity contribution in [1.29, 1.82) is 0 Å². The zero-order valence-electron chi connectivity index (χ0n) is 17.0. The van der Waals surface area contributed by atoms with Gasteiger partial charge >= 0.3 is 12.2 Å². The summed E-state index contributed by atoms with van der Waals surface area (Å²) in [6, 6.07) is 13.5. The van der Waals surface area contributed by atoms with Crippen molar-refractivity contribution in [1.82, 2.24) is 14.5 Å². The Hall–Kier alpha value is -3.23. The largest absolute Gasteiger partial charge is 0.497 e. The SMILES string of the molecule is COc1ccc(NC(=O)N2CCC(Cn3c(C(F)(F)F)nc4ccccc43)CC2)cc1. The Morgan fingerprint density at radius 3 is 2.45 bits per heavy atom. The number of imidazole rings is 1. The Labute approximate surface area is 177 Å². The minimum atomic E-state index is -4.52. The van der Waals surface area contributed by atoms with Gasteiger partial charge in [-0.05, 0) is 55.2 Å². The lowest BCUT2D eigenvalue weighted by Crippen LogP contribution is -2.41. The summed E-state index contributed by atoms with van der Waals surface area (Å²) < 4.78 is 46.9. The van der Waals surface area contributed by atoms with Gasteiger partial charge in [-0.1, -0.05) is 12.1 Å². The summed E-state index contributed by atoms with van der Waals surface area (Å²) in [5.74, 6) is -0.138. The van der Waals surface area contributed by atoms with Gasteiger partial charge in [-0.15, -0.1) is 0 Å². The number of piperidine rings is 1. The van der Waals surface area contributed by atoms with Crippen LogP contribution < -0.4 is 10.1 Å². The first kappa shape index (κ1) is 21.0. The van der Waals surface area contributed by atoms with E-state index in [1.54, 1.807) is 60.5 Å². The summed E-state index contributed by atoms with van der Waals surface area (Å²) in [5.41, 5.74) is 1.48. The number of amides is 2. The number of anilines is 1. The minimum absolute atomic E-state index is 0.0312. The highest BCUT2D eigenvalue weighted by atomic mass is 19.4. The number of nitrogens with zero attached hydrogens (tertiary/aromatic N) is 3. The number of para-hydroxylation sites is 2. The highest BCUT2D eigenvalue weighted by Gasteiger charge is 2.38. The van der Waals surface area contributed by atoms with Gasteiger partial charge < -0.3 is 19.5 Å². The van der Waals surface area contributed by atoms with E-state index in [9.17, 15) is 18.0 Å². The van der Waals surface area contributed by atoms with Crippen molar-refractivity contribution in [3.63, 3.8) is 0 Å². The van der Waals surface area contributed by atoms with Gasteiger partial charge in [-0.2, -0.15) is 13.2 Å². The van der Waals surface area contributed by atoms with Gasteiger partial charge in [-0.3, -0.25) is 0 Å². The normalized spacial score (nSPS) is 15.3. The molecule has 0 bridgehead atoms. The zero-order chi connectivity index (χ0) is 22.0. The highest BCUT2D eigenvalue weighted by molar-refractivity contribution is 5.89. The molecule has 0 radical (unpaired) electrons. The number of carbonyl (C=O) groups is 1. The van der Waals surface area contributed by atoms with Crippen molar-refractivity contribution in [3.05, 3.63) is 54.4 Å². The number of nitrogens with one attached hydrogen (secondary N) is 1. The van der Waals surface area contributed by atoms with Crippen molar-refractivity contribution in [2.75, 3.05) is 25.5 Å². The topological polar surface area (TPSA) is 59.4 Å². The second kappa shape index (κ2) is 8.49. The predicted octanol–water partition coefficient (Wildman–Crippen LogP) is 5.01. The first-order valence-electron chi connectivity index (χ1n) is 10.1. The number of methoxy groups -OCH3 is 1. The molecule has 2 heterocycles. The molecule has 1 aliphatic heterocycles.